The fraction of sp³-hybridized carbons (Fsp3) is 0.350. The van der Waals surface area contributed by atoms with Crippen molar-refractivity contribution in [3.63, 3.8) is 0 Å². The number of nitrogens with zero attached hydrogens (tertiary/aromatic N) is 5. The molecule has 1 unspecified atom stereocenters. The van der Waals surface area contributed by atoms with Crippen LogP contribution in [0.25, 0.3) is 11.0 Å². The van der Waals surface area contributed by atoms with E-state index in [9.17, 15) is 9.59 Å². The van der Waals surface area contributed by atoms with E-state index < -0.39 is 0 Å². The van der Waals surface area contributed by atoms with E-state index in [0.29, 0.717) is 18.8 Å². The minimum Gasteiger partial charge on any atom is -0.336 e. The van der Waals surface area contributed by atoms with Crippen molar-refractivity contribution in [2.75, 3.05) is 11.9 Å². The third-order valence-corrected chi connectivity index (χ3v) is 4.85. The van der Waals surface area contributed by atoms with Crippen LogP contribution in [-0.4, -0.2) is 43.0 Å². The zero-order valence-electron chi connectivity index (χ0n) is 15.9. The van der Waals surface area contributed by atoms with Gasteiger partial charge in [0.25, 0.3) is 0 Å². The minimum absolute atomic E-state index is 0.0300. The Morgan fingerprint density at radius 2 is 2.14 bits per heavy atom. The van der Waals surface area contributed by atoms with Gasteiger partial charge >= 0.3 is 0 Å². The van der Waals surface area contributed by atoms with Crippen LogP contribution >= 0.6 is 0 Å². The molecule has 8 heteroatoms. The quantitative estimate of drug-likeness (QED) is 0.736. The van der Waals surface area contributed by atoms with Crippen LogP contribution in [0.2, 0.25) is 0 Å². The van der Waals surface area contributed by atoms with Crippen molar-refractivity contribution in [3.05, 3.63) is 48.5 Å². The molecule has 3 aromatic rings. The molecule has 0 aromatic carbocycles. The number of amides is 2. The predicted molar refractivity (Wildman–Crippen MR) is 104 cm³/mol. The molecule has 1 fully saturated rings. The highest BCUT2D eigenvalue weighted by Gasteiger charge is 2.34. The van der Waals surface area contributed by atoms with Crippen LogP contribution in [0.5, 0.6) is 0 Å². The van der Waals surface area contributed by atoms with E-state index >= 15 is 0 Å². The maximum absolute atomic E-state index is 12.7. The molecule has 3 aromatic heterocycles. The number of likely N-dealkylation sites (tertiary alicyclic amines) is 1. The number of carbonyl (C=O) groups excluding carboxylic acids is 2. The number of anilines is 1. The van der Waals surface area contributed by atoms with E-state index in [1.807, 2.05) is 42.8 Å². The summed E-state index contributed by atoms with van der Waals surface area (Å²) in [5.74, 6) is -0.586. The molecule has 1 N–H and O–H groups in total. The van der Waals surface area contributed by atoms with Gasteiger partial charge in [0, 0.05) is 30.6 Å². The Labute approximate surface area is 162 Å². The van der Waals surface area contributed by atoms with Gasteiger partial charge in [-0.3, -0.25) is 14.6 Å². The normalized spacial score (nSPS) is 16.9. The molecular weight excluding hydrogens is 356 g/mol. The molecular formula is C20H22N6O2. The van der Waals surface area contributed by atoms with Crippen LogP contribution in [0.1, 0.15) is 32.0 Å². The number of pyridine rings is 2. The Morgan fingerprint density at radius 3 is 2.89 bits per heavy atom. The Bertz CT molecular complexity index is 1010. The van der Waals surface area contributed by atoms with E-state index in [4.69, 9.17) is 0 Å². The Morgan fingerprint density at radius 1 is 1.29 bits per heavy atom. The average Bonchev–Trinajstić information content (AvgIpc) is 3.26. The van der Waals surface area contributed by atoms with Gasteiger partial charge in [0.05, 0.1) is 36.2 Å². The van der Waals surface area contributed by atoms with Crippen LogP contribution in [-0.2, 0) is 16.1 Å². The van der Waals surface area contributed by atoms with Gasteiger partial charge < -0.3 is 10.2 Å². The number of carbonyl (C=O) groups is 2. The summed E-state index contributed by atoms with van der Waals surface area (Å²) in [6.07, 6.45) is 5.28. The van der Waals surface area contributed by atoms with Crippen molar-refractivity contribution in [2.24, 2.45) is 5.92 Å². The number of fused-ring (bicyclic) bond motifs is 1. The van der Waals surface area contributed by atoms with E-state index in [-0.39, 0.29) is 30.2 Å². The number of aromatic nitrogens is 4. The van der Waals surface area contributed by atoms with E-state index in [1.165, 1.54) is 0 Å². The molecule has 1 atom stereocenters. The van der Waals surface area contributed by atoms with Crippen LogP contribution in [0.15, 0.2) is 42.9 Å². The third-order valence-electron chi connectivity index (χ3n) is 4.85. The van der Waals surface area contributed by atoms with Crippen molar-refractivity contribution in [3.8, 4) is 0 Å². The third kappa shape index (κ3) is 3.58. The molecule has 4 heterocycles. The molecule has 0 bridgehead atoms. The Balaban J connectivity index is 1.42. The largest absolute Gasteiger partial charge is 0.336 e. The minimum atomic E-state index is -0.384. The molecule has 4 rings (SSSR count). The van der Waals surface area contributed by atoms with Crippen LogP contribution in [0.4, 0.5) is 5.69 Å². The molecule has 144 valence electrons. The molecule has 1 aliphatic heterocycles. The zero-order chi connectivity index (χ0) is 19.7. The average molecular weight is 378 g/mol. The summed E-state index contributed by atoms with van der Waals surface area (Å²) in [5, 5.41) is 8.09. The lowest BCUT2D eigenvalue weighted by atomic mass is 10.1. The summed E-state index contributed by atoms with van der Waals surface area (Å²) < 4.78 is 1.84. The van der Waals surface area contributed by atoms with Crippen LogP contribution < -0.4 is 5.32 Å². The van der Waals surface area contributed by atoms with Gasteiger partial charge in [-0.15, -0.1) is 0 Å². The first-order valence-electron chi connectivity index (χ1n) is 9.33. The van der Waals surface area contributed by atoms with Gasteiger partial charge in [-0.2, -0.15) is 5.10 Å². The first-order chi connectivity index (χ1) is 13.5. The molecule has 8 nitrogen and oxygen atoms in total. The van der Waals surface area contributed by atoms with Crippen molar-refractivity contribution < 1.29 is 9.59 Å². The van der Waals surface area contributed by atoms with Gasteiger partial charge in [0.1, 0.15) is 0 Å². The number of hydrogen-bond acceptors (Lipinski definition) is 5. The maximum atomic E-state index is 12.7. The SMILES string of the molecule is CC(C)n1ncc2cc(NC(=O)C3CC(=O)N(Cc4ccccn4)C3)cnc21. The van der Waals surface area contributed by atoms with E-state index in [1.54, 1.807) is 23.5 Å². The highest BCUT2D eigenvalue weighted by atomic mass is 16.2. The Hall–Kier alpha value is -3.29. The molecule has 0 saturated carbocycles. The first-order valence-corrected chi connectivity index (χ1v) is 9.33. The fourth-order valence-corrected chi connectivity index (χ4v) is 3.42. The van der Waals surface area contributed by atoms with Gasteiger partial charge in [-0.1, -0.05) is 6.07 Å². The molecule has 0 spiro atoms. The number of hydrogen-bond donors (Lipinski definition) is 1. The smallest absolute Gasteiger partial charge is 0.229 e. The van der Waals surface area contributed by atoms with Crippen LogP contribution in [0.3, 0.4) is 0 Å². The van der Waals surface area contributed by atoms with Gasteiger partial charge in [-0.25, -0.2) is 9.67 Å². The van der Waals surface area contributed by atoms with Gasteiger partial charge in [0.2, 0.25) is 11.8 Å². The van der Waals surface area contributed by atoms with Crippen molar-refractivity contribution >= 4 is 28.5 Å². The lowest BCUT2D eigenvalue weighted by molar-refractivity contribution is -0.128. The summed E-state index contributed by atoms with van der Waals surface area (Å²) in [7, 11) is 0. The fourth-order valence-electron chi connectivity index (χ4n) is 3.42. The second-order valence-corrected chi connectivity index (χ2v) is 7.31. The highest BCUT2D eigenvalue weighted by Crippen LogP contribution is 2.23. The monoisotopic (exact) mass is 378 g/mol. The number of rotatable bonds is 5. The predicted octanol–water partition coefficient (Wildman–Crippen LogP) is 2.39. The second-order valence-electron chi connectivity index (χ2n) is 7.31. The summed E-state index contributed by atoms with van der Waals surface area (Å²) in [6, 6.07) is 7.66. The summed E-state index contributed by atoms with van der Waals surface area (Å²) in [4.78, 5) is 35.3. The van der Waals surface area contributed by atoms with Gasteiger partial charge in [0.15, 0.2) is 5.65 Å². The van der Waals surface area contributed by atoms with Gasteiger partial charge in [-0.05, 0) is 32.0 Å². The summed E-state index contributed by atoms with van der Waals surface area (Å²) in [6.45, 7) is 4.89. The van der Waals surface area contributed by atoms with E-state index in [0.717, 1.165) is 16.7 Å². The van der Waals surface area contributed by atoms with Crippen LogP contribution in [0, 0.1) is 5.92 Å². The molecule has 2 amide bonds. The number of nitrogens with one attached hydrogen (secondary N) is 1. The molecule has 0 radical (unpaired) electrons. The summed E-state index contributed by atoms with van der Waals surface area (Å²) in [5.41, 5.74) is 2.20. The Kier molecular flexibility index (Phi) is 4.77. The van der Waals surface area contributed by atoms with Crippen molar-refractivity contribution in [1.29, 1.82) is 0 Å². The molecule has 28 heavy (non-hydrogen) atoms. The molecule has 1 aliphatic rings. The first kappa shape index (κ1) is 18.1. The lowest BCUT2D eigenvalue weighted by Crippen LogP contribution is -2.28. The molecule has 0 aliphatic carbocycles. The summed E-state index contributed by atoms with van der Waals surface area (Å²) >= 11 is 0. The van der Waals surface area contributed by atoms with Crippen molar-refractivity contribution in [1.82, 2.24) is 24.6 Å². The second kappa shape index (κ2) is 7.38. The highest BCUT2D eigenvalue weighted by molar-refractivity contribution is 5.98. The standard InChI is InChI=1S/C20H22N6O2/c1-13(2)26-19-14(9-23-26)7-17(10-22-19)24-20(28)15-8-18(27)25(11-15)12-16-5-3-4-6-21-16/h3-7,9-10,13,15H,8,11-12H2,1-2H3,(H,24,28). The maximum Gasteiger partial charge on any atom is 0.229 e. The zero-order valence-corrected chi connectivity index (χ0v) is 15.9. The van der Waals surface area contributed by atoms with E-state index in [2.05, 4.69) is 20.4 Å². The molecule has 1 saturated heterocycles. The topological polar surface area (TPSA) is 93.0 Å². The lowest BCUT2D eigenvalue weighted by Gasteiger charge is -2.16. The van der Waals surface area contributed by atoms with Crippen molar-refractivity contribution in [2.45, 2.75) is 32.9 Å².